The predicted octanol–water partition coefficient (Wildman–Crippen LogP) is 3.20. The Morgan fingerprint density at radius 1 is 1.20 bits per heavy atom. The molecule has 0 bridgehead atoms. The molecule has 0 aromatic heterocycles. The average molecular weight is 288 g/mol. The van der Waals surface area contributed by atoms with E-state index in [-0.39, 0.29) is 11.9 Å². The first-order valence-electron chi connectivity index (χ1n) is 6.38. The van der Waals surface area contributed by atoms with Gasteiger partial charge in [-0.05, 0) is 46.5 Å². The van der Waals surface area contributed by atoms with Gasteiger partial charge in [-0.2, -0.15) is 0 Å². The highest BCUT2D eigenvalue weighted by Crippen LogP contribution is 2.45. The van der Waals surface area contributed by atoms with Crippen LogP contribution in [0.1, 0.15) is 27.4 Å². The average Bonchev–Trinajstić information content (AvgIpc) is 2.78. The molecular weight excluding hydrogens is 274 g/mol. The summed E-state index contributed by atoms with van der Waals surface area (Å²) in [6.07, 6.45) is 0. The molecule has 0 saturated carbocycles. The largest absolute Gasteiger partial charge is 0.465 e. The van der Waals surface area contributed by atoms with Crippen LogP contribution in [0.4, 0.5) is 0 Å². The lowest BCUT2D eigenvalue weighted by Gasteiger charge is -2.11. The van der Waals surface area contributed by atoms with Gasteiger partial charge in [0.15, 0.2) is 0 Å². The van der Waals surface area contributed by atoms with Crippen LogP contribution in [0.25, 0.3) is 11.1 Å². The predicted molar refractivity (Wildman–Crippen MR) is 79.1 cm³/mol. The first kappa shape index (κ1) is 13.2. The Hall–Kier alpha value is -1.84. The van der Waals surface area contributed by atoms with Crippen molar-refractivity contribution in [2.45, 2.75) is 5.92 Å². The van der Waals surface area contributed by atoms with Gasteiger partial charge in [0.1, 0.15) is 0 Å². The molecule has 2 aromatic carbocycles. The van der Waals surface area contributed by atoms with E-state index >= 15 is 0 Å². The zero-order chi connectivity index (χ0) is 14.3. The van der Waals surface area contributed by atoms with E-state index in [1.54, 1.807) is 6.07 Å². The van der Waals surface area contributed by atoms with E-state index in [1.165, 1.54) is 7.11 Å². The Morgan fingerprint density at radius 3 is 2.50 bits per heavy atom. The molecule has 4 heteroatoms. The van der Waals surface area contributed by atoms with Crippen molar-refractivity contribution in [3.05, 3.63) is 58.1 Å². The number of hydrogen-bond acceptors (Lipinski definition) is 3. The van der Waals surface area contributed by atoms with E-state index in [0.29, 0.717) is 17.1 Å². The smallest absolute Gasteiger partial charge is 0.337 e. The zero-order valence-corrected chi connectivity index (χ0v) is 11.8. The molecule has 1 atom stereocenters. The SMILES string of the molecule is COC(=O)c1ccc2c(c1)C(CN)c1cc(Cl)ccc1-2. The number of benzene rings is 2. The third-order valence-corrected chi connectivity index (χ3v) is 4.00. The topological polar surface area (TPSA) is 52.3 Å². The van der Waals surface area contributed by atoms with E-state index in [9.17, 15) is 4.79 Å². The fourth-order valence-corrected chi connectivity index (χ4v) is 3.01. The van der Waals surface area contributed by atoms with Crippen molar-refractivity contribution >= 4 is 17.6 Å². The molecule has 3 nitrogen and oxygen atoms in total. The minimum Gasteiger partial charge on any atom is -0.465 e. The van der Waals surface area contributed by atoms with Crippen LogP contribution in [0, 0.1) is 0 Å². The molecule has 0 spiro atoms. The minimum absolute atomic E-state index is 0.0725. The van der Waals surface area contributed by atoms with Crippen molar-refractivity contribution in [3.8, 4) is 11.1 Å². The normalized spacial score (nSPS) is 15.7. The van der Waals surface area contributed by atoms with Crippen LogP contribution in [0.2, 0.25) is 5.02 Å². The molecule has 3 rings (SSSR count). The number of halogens is 1. The van der Waals surface area contributed by atoms with Crippen molar-refractivity contribution in [2.75, 3.05) is 13.7 Å². The third kappa shape index (κ3) is 1.90. The molecule has 2 aromatic rings. The molecule has 0 amide bonds. The molecule has 0 radical (unpaired) electrons. The number of rotatable bonds is 2. The maximum absolute atomic E-state index is 11.7. The van der Waals surface area contributed by atoms with Gasteiger partial charge in [0.2, 0.25) is 0 Å². The number of esters is 1. The number of methoxy groups -OCH3 is 1. The minimum atomic E-state index is -0.336. The lowest BCUT2D eigenvalue weighted by atomic mass is 9.96. The molecule has 0 aliphatic heterocycles. The quantitative estimate of drug-likeness (QED) is 0.863. The van der Waals surface area contributed by atoms with Crippen LogP contribution in [0.5, 0.6) is 0 Å². The standard InChI is InChI=1S/C16H14ClNO2/c1-20-16(19)9-2-4-11-12-5-3-10(17)7-14(12)15(8-18)13(11)6-9/h2-7,15H,8,18H2,1H3. The van der Waals surface area contributed by atoms with Crippen LogP contribution < -0.4 is 5.73 Å². The second kappa shape index (κ2) is 4.93. The summed E-state index contributed by atoms with van der Waals surface area (Å²) in [6.45, 7) is 0.477. The Kier molecular flexibility index (Phi) is 3.24. The Balaban J connectivity index is 2.18. The van der Waals surface area contributed by atoms with Crippen molar-refractivity contribution in [3.63, 3.8) is 0 Å². The highest BCUT2D eigenvalue weighted by Gasteiger charge is 2.28. The fourth-order valence-electron chi connectivity index (χ4n) is 2.83. The van der Waals surface area contributed by atoms with Gasteiger partial charge in [0, 0.05) is 17.5 Å². The second-order valence-corrected chi connectivity index (χ2v) is 5.25. The molecule has 1 unspecified atom stereocenters. The number of nitrogens with two attached hydrogens (primary N) is 1. The molecule has 102 valence electrons. The highest BCUT2D eigenvalue weighted by atomic mass is 35.5. The highest BCUT2D eigenvalue weighted by molar-refractivity contribution is 6.30. The van der Waals surface area contributed by atoms with Crippen LogP contribution in [0.3, 0.4) is 0 Å². The monoisotopic (exact) mass is 287 g/mol. The molecule has 0 saturated heterocycles. The van der Waals surface area contributed by atoms with Gasteiger partial charge in [-0.25, -0.2) is 4.79 Å². The summed E-state index contributed by atoms with van der Waals surface area (Å²) in [5.74, 6) is -0.263. The van der Waals surface area contributed by atoms with Gasteiger partial charge in [0.05, 0.1) is 12.7 Å². The third-order valence-electron chi connectivity index (χ3n) is 3.76. The lowest BCUT2D eigenvalue weighted by Crippen LogP contribution is -2.12. The summed E-state index contributed by atoms with van der Waals surface area (Å²) in [5, 5.41) is 0.697. The van der Waals surface area contributed by atoms with Gasteiger partial charge in [-0.1, -0.05) is 23.7 Å². The Labute approximate surface area is 122 Å². The molecular formula is C16H14ClNO2. The van der Waals surface area contributed by atoms with Gasteiger partial charge in [-0.3, -0.25) is 0 Å². The summed E-state index contributed by atoms with van der Waals surface area (Å²) in [7, 11) is 1.38. The van der Waals surface area contributed by atoms with Crippen molar-refractivity contribution < 1.29 is 9.53 Å². The van der Waals surface area contributed by atoms with Crippen molar-refractivity contribution in [1.82, 2.24) is 0 Å². The van der Waals surface area contributed by atoms with Gasteiger partial charge >= 0.3 is 5.97 Å². The lowest BCUT2D eigenvalue weighted by molar-refractivity contribution is 0.0600. The van der Waals surface area contributed by atoms with Crippen LogP contribution >= 0.6 is 11.6 Å². The molecule has 20 heavy (non-hydrogen) atoms. The fraction of sp³-hybridized carbons (Fsp3) is 0.188. The molecule has 1 aliphatic rings. The summed E-state index contributed by atoms with van der Waals surface area (Å²) in [4.78, 5) is 11.7. The second-order valence-electron chi connectivity index (χ2n) is 4.81. The summed E-state index contributed by atoms with van der Waals surface area (Å²) < 4.78 is 4.77. The van der Waals surface area contributed by atoms with Gasteiger partial charge in [-0.15, -0.1) is 0 Å². The van der Waals surface area contributed by atoms with Crippen LogP contribution in [0.15, 0.2) is 36.4 Å². The Bertz CT molecular complexity index is 697. The number of fused-ring (bicyclic) bond motifs is 3. The summed E-state index contributed by atoms with van der Waals surface area (Å²) in [6, 6.07) is 11.4. The number of hydrogen-bond donors (Lipinski definition) is 1. The van der Waals surface area contributed by atoms with Crippen LogP contribution in [-0.4, -0.2) is 19.6 Å². The van der Waals surface area contributed by atoms with Gasteiger partial charge < -0.3 is 10.5 Å². The molecule has 2 N–H and O–H groups in total. The van der Waals surface area contributed by atoms with Crippen LogP contribution in [-0.2, 0) is 4.74 Å². The number of ether oxygens (including phenoxy) is 1. The van der Waals surface area contributed by atoms with E-state index < -0.39 is 0 Å². The summed E-state index contributed by atoms with van der Waals surface area (Å²) >= 11 is 6.08. The summed E-state index contributed by atoms with van der Waals surface area (Å²) in [5.41, 5.74) is 10.9. The first-order valence-corrected chi connectivity index (χ1v) is 6.75. The van der Waals surface area contributed by atoms with E-state index in [2.05, 4.69) is 0 Å². The van der Waals surface area contributed by atoms with Crippen molar-refractivity contribution in [1.29, 1.82) is 0 Å². The molecule has 0 heterocycles. The maximum Gasteiger partial charge on any atom is 0.337 e. The molecule has 0 fully saturated rings. The van der Waals surface area contributed by atoms with E-state index in [1.807, 2.05) is 30.3 Å². The van der Waals surface area contributed by atoms with Crippen molar-refractivity contribution in [2.24, 2.45) is 5.73 Å². The van der Waals surface area contributed by atoms with E-state index in [4.69, 9.17) is 22.1 Å². The Morgan fingerprint density at radius 2 is 1.85 bits per heavy atom. The number of carbonyl (C=O) groups excluding carboxylic acids is 1. The zero-order valence-electron chi connectivity index (χ0n) is 11.0. The van der Waals surface area contributed by atoms with E-state index in [0.717, 1.165) is 22.3 Å². The number of carbonyl (C=O) groups is 1. The maximum atomic E-state index is 11.7. The van der Waals surface area contributed by atoms with Gasteiger partial charge in [0.25, 0.3) is 0 Å². The molecule has 1 aliphatic carbocycles. The first-order chi connectivity index (χ1) is 9.65.